The van der Waals surface area contributed by atoms with Gasteiger partial charge in [-0.05, 0) is 11.1 Å². The van der Waals surface area contributed by atoms with Crippen molar-refractivity contribution in [2.24, 2.45) is 0 Å². The molecule has 22 rings (SSSR count). The SMILES string of the molecule is OC[C@H]1O[C@@H]2O[C@H]3[C@H](O)[C@@H](O)[C@@H](O[C@H]4[C@H](O)[C@@H](O)[C@@H](O[C@H]5[C@@H]6OCc7ccccc7CO[C@H]6[C@@H](O[C@H]6[C@H](O)[C@@H](O)[C@@H](O[C@H]7[C@H](O)[C@@H](O)[C@@H](O[C@H]8[C@H](O)[C@@H](O)[C@@H](O[C@H]1[C@H](O)[C@H]2O)O[C@@H]8CO)O[C@@H]7CO)O[C@@H]6CO)O[C@@H]5CO)O[C@@H]4CO)O[C@@H]3CO. The van der Waals surface area contributed by atoms with Crippen LogP contribution in [0.5, 0.6) is 0 Å². The van der Waals surface area contributed by atoms with Gasteiger partial charge in [-0.1, -0.05) is 24.3 Å². The van der Waals surface area contributed by atoms with Gasteiger partial charge in [-0.25, -0.2) is 0 Å². The van der Waals surface area contributed by atoms with Crippen LogP contribution in [0.2, 0.25) is 0 Å². The third-order valence-corrected chi connectivity index (χ3v) is 16.7. The molecule has 0 spiro atoms. The predicted molar refractivity (Wildman–Crippen MR) is 260 cm³/mol. The fourth-order valence-electron chi connectivity index (χ4n) is 12.0. The van der Waals surface area contributed by atoms with Crippen molar-refractivity contribution >= 4 is 0 Å². The maximum absolute atomic E-state index is 11.8. The molecule has 0 radical (unpaired) electrons. The smallest absolute Gasteiger partial charge is 0.187 e. The molecule has 0 aromatic heterocycles. The van der Waals surface area contributed by atoms with Gasteiger partial charge in [-0.15, -0.1) is 0 Å². The van der Waals surface area contributed by atoms with Crippen molar-refractivity contribution in [1.82, 2.24) is 0 Å². The van der Waals surface area contributed by atoms with E-state index < -0.39 is 261 Å². The van der Waals surface area contributed by atoms with Crippen molar-refractivity contribution in [2.75, 3.05) is 46.2 Å². The summed E-state index contributed by atoms with van der Waals surface area (Å²) in [6.45, 7) is -7.30. The van der Waals surface area contributed by atoms with E-state index in [-0.39, 0.29) is 13.2 Å². The Morgan fingerprint density at radius 1 is 0.235 bits per heavy atom. The van der Waals surface area contributed by atoms with E-state index >= 15 is 0 Å². The van der Waals surface area contributed by atoms with E-state index in [1.165, 1.54) is 0 Å². The number of aliphatic hydroxyl groups is 19. The van der Waals surface area contributed by atoms with Gasteiger partial charge in [0, 0.05) is 0 Å². The number of rotatable bonds is 7. The van der Waals surface area contributed by atoms with Gasteiger partial charge in [0.15, 0.2) is 44.0 Å². The summed E-state index contributed by atoms with van der Waals surface area (Å²) in [7, 11) is 0. The first-order valence-electron chi connectivity index (χ1n) is 27.7. The lowest BCUT2D eigenvalue weighted by Gasteiger charge is -2.51. The van der Waals surface area contributed by atoms with Gasteiger partial charge >= 0.3 is 0 Å². The van der Waals surface area contributed by atoms with Crippen molar-refractivity contribution in [3.05, 3.63) is 35.4 Å². The Balaban J connectivity index is 0.963. The lowest BCUT2D eigenvalue weighted by Crippen LogP contribution is -2.68. The molecule has 0 unspecified atom stereocenters. The molecule has 0 aliphatic carbocycles. The molecule has 35 nitrogen and oxygen atoms in total. The molecule has 19 N–H and O–H groups in total. The fraction of sp³-hybridized carbons (Fsp3) is 0.880. The first-order valence-corrected chi connectivity index (χ1v) is 27.7. The van der Waals surface area contributed by atoms with Crippen molar-refractivity contribution < 1.29 is 173 Å². The van der Waals surface area contributed by atoms with Gasteiger partial charge in [-0.3, -0.25) is 0 Å². The topological polar surface area (TPSA) is 532 Å². The van der Waals surface area contributed by atoms with Crippen LogP contribution in [-0.4, -0.2) is 358 Å². The molecule has 35 heteroatoms. The van der Waals surface area contributed by atoms with Crippen LogP contribution in [0.15, 0.2) is 24.3 Å². The summed E-state index contributed by atoms with van der Waals surface area (Å²) < 4.78 is 95.3. The molecule has 1 aromatic carbocycles. The summed E-state index contributed by atoms with van der Waals surface area (Å²) in [6.07, 6.45) is -66.9. The van der Waals surface area contributed by atoms with E-state index in [0.29, 0.717) is 11.1 Å². The third-order valence-electron chi connectivity index (χ3n) is 16.7. The highest BCUT2D eigenvalue weighted by Crippen LogP contribution is 2.40. The van der Waals surface area contributed by atoms with Crippen LogP contribution in [0, 0.1) is 0 Å². The number of fused-ring (bicyclic) bond motifs is 2. The fourth-order valence-corrected chi connectivity index (χ4v) is 12.0. The van der Waals surface area contributed by atoms with Crippen LogP contribution in [0.4, 0.5) is 0 Å². The molecule has 14 bridgehead atoms. The normalized spacial score (nSPS) is 52.0. The van der Waals surface area contributed by atoms with Crippen LogP contribution in [-0.2, 0) is 89.0 Å². The molecule has 21 aliphatic heterocycles. The number of aliphatic hydroxyl groups excluding tert-OH is 19. The lowest BCUT2D eigenvalue weighted by atomic mass is 9.94. The van der Waals surface area contributed by atoms with E-state index in [9.17, 15) is 97.0 Å². The molecule has 486 valence electrons. The first kappa shape index (κ1) is 65.8. The minimum atomic E-state index is -2.20. The molecule has 21 aliphatic rings. The molecule has 0 amide bonds. The van der Waals surface area contributed by atoms with Crippen molar-refractivity contribution in [2.45, 2.75) is 228 Å². The average Bonchev–Trinajstić information content (AvgIpc) is 2.84. The molecule has 20 fully saturated rings. The Hall–Kier alpha value is -2.18. The van der Waals surface area contributed by atoms with E-state index in [1.54, 1.807) is 24.3 Å². The second kappa shape index (κ2) is 28.1. The highest BCUT2D eigenvalue weighted by atomic mass is 16.8. The monoisotopic (exact) mass is 1240 g/mol. The number of benzene rings is 1. The predicted octanol–water partition coefficient (Wildman–Crippen LogP) is -12.5. The second-order valence-corrected chi connectivity index (χ2v) is 22.0. The van der Waals surface area contributed by atoms with Gasteiger partial charge in [0.2, 0.25) is 0 Å². The number of hydrogen-bond acceptors (Lipinski definition) is 35. The summed E-state index contributed by atoms with van der Waals surface area (Å²) in [5, 5.41) is 212. The minimum absolute atomic E-state index is 0.147. The van der Waals surface area contributed by atoms with Crippen LogP contribution in [0.25, 0.3) is 0 Å². The third kappa shape index (κ3) is 12.9. The summed E-state index contributed by atoms with van der Waals surface area (Å²) in [5.41, 5.74) is 1.27. The largest absolute Gasteiger partial charge is 0.394 e. The maximum atomic E-state index is 11.8. The summed E-state index contributed by atoms with van der Waals surface area (Å²) in [5.74, 6) is 0. The number of ether oxygens (including phenoxy) is 16. The van der Waals surface area contributed by atoms with Crippen LogP contribution in [0.1, 0.15) is 11.1 Å². The van der Waals surface area contributed by atoms with Gasteiger partial charge < -0.3 is 173 Å². The van der Waals surface area contributed by atoms with E-state index in [0.717, 1.165) is 0 Å². The minimum Gasteiger partial charge on any atom is -0.394 e. The molecule has 0 saturated carbocycles. The van der Waals surface area contributed by atoms with Crippen molar-refractivity contribution in [3.63, 3.8) is 0 Å². The molecular weight excluding hydrogens is 1160 g/mol. The van der Waals surface area contributed by atoms with Crippen LogP contribution < -0.4 is 0 Å². The molecule has 20 saturated heterocycles. The highest BCUT2D eigenvalue weighted by molar-refractivity contribution is 5.26. The van der Waals surface area contributed by atoms with Crippen molar-refractivity contribution in [3.8, 4) is 0 Å². The Kier molecular flexibility index (Phi) is 21.8. The Labute approximate surface area is 481 Å². The Bertz CT molecular complexity index is 2250. The highest BCUT2D eigenvalue weighted by Gasteiger charge is 2.60. The average molecular weight is 1240 g/mol. The second-order valence-electron chi connectivity index (χ2n) is 22.0. The summed E-state index contributed by atoms with van der Waals surface area (Å²) >= 11 is 0. The molecule has 1 aromatic rings. The quantitative estimate of drug-likeness (QED) is 0.121. The zero-order valence-corrected chi connectivity index (χ0v) is 44.9. The van der Waals surface area contributed by atoms with Gasteiger partial charge in [0.05, 0.1) is 59.5 Å². The van der Waals surface area contributed by atoms with E-state index in [1.807, 2.05) is 0 Å². The first-order chi connectivity index (χ1) is 40.8. The zero-order valence-electron chi connectivity index (χ0n) is 44.9. The molecule has 35 atom stereocenters. The van der Waals surface area contributed by atoms with Crippen molar-refractivity contribution in [1.29, 1.82) is 0 Å². The van der Waals surface area contributed by atoms with E-state index in [4.69, 9.17) is 75.8 Å². The summed E-state index contributed by atoms with van der Waals surface area (Å²) in [6, 6.07) is 6.93. The standard InChI is InChI=1S/C50H76O35/c51-5-16-35-23(58)30(65)45(73-16)81-37-18(7-53)75-47(32(67)25(37)60)83-39-20(9-55)77-49(34(69)27(39)62)85-41-22(11-57)78-50(43-42(41)70-12-14-3-1-2-4-15(14)13-71-43)84-40-21(10-56)76-48(33(68)28(40)63)82-38-19(8-54)74-46(31(66)26(38)61)80-36-17(6-52)72-44(79-35)29(64)24(36)59/h1-4,16-69H,5-13H2/t16-,17-,18-,19-,20-,21-,22-,23-,24-,25-,26-,27-,28-,29-,30-,31-,32-,33-,34-,35-,36-,37-,38-,39-,40-,41-,42+,43-,44-,45-,46-,47-,48-,49-,50-/m1/s1. The maximum Gasteiger partial charge on any atom is 0.187 e. The van der Waals surface area contributed by atoms with Crippen LogP contribution >= 0.6 is 0 Å². The van der Waals surface area contributed by atoms with Gasteiger partial charge in [-0.2, -0.15) is 0 Å². The zero-order chi connectivity index (χ0) is 60.9. The van der Waals surface area contributed by atoms with Gasteiger partial charge in [0.1, 0.15) is 171 Å². The molecular formula is C50H76O35. The Morgan fingerprint density at radius 2 is 0.435 bits per heavy atom. The summed E-state index contributed by atoms with van der Waals surface area (Å²) in [4.78, 5) is 0. The van der Waals surface area contributed by atoms with Gasteiger partial charge in [0.25, 0.3) is 0 Å². The Morgan fingerprint density at radius 3 is 0.682 bits per heavy atom. The number of hydrogen-bond donors (Lipinski definition) is 19. The van der Waals surface area contributed by atoms with E-state index in [2.05, 4.69) is 0 Å². The molecule has 21 heterocycles. The lowest BCUT2D eigenvalue weighted by molar-refractivity contribution is -0.401. The van der Waals surface area contributed by atoms with Crippen LogP contribution in [0.3, 0.4) is 0 Å². The molecule has 85 heavy (non-hydrogen) atoms.